The van der Waals surface area contributed by atoms with Gasteiger partial charge in [0.1, 0.15) is 0 Å². The van der Waals surface area contributed by atoms with Gasteiger partial charge in [-0.25, -0.2) is 15.0 Å². The van der Waals surface area contributed by atoms with Crippen molar-refractivity contribution in [2.45, 2.75) is 0 Å². The SMILES string of the molecule is Nc1ccc(N=c2[nH]c(=Nc3ccc(N)c4c3C(=O)c3ccccc3C4=O)[nH]c(=Nc3ccc(N)c4c3C(=O)c3ccccc3C4=O)[nH]2)c2c1C(=O)c1ccccc1C2=O. The quantitative estimate of drug-likeness (QED) is 0.138. The number of rotatable bonds is 3. The van der Waals surface area contributed by atoms with Gasteiger partial charge in [-0.3, -0.25) is 43.7 Å². The van der Waals surface area contributed by atoms with Crippen LogP contribution in [0.25, 0.3) is 0 Å². The van der Waals surface area contributed by atoms with Crippen LogP contribution in [0.2, 0.25) is 0 Å². The van der Waals surface area contributed by atoms with E-state index in [9.17, 15) is 28.8 Å². The van der Waals surface area contributed by atoms with E-state index in [0.717, 1.165) is 0 Å². The molecule has 0 unspecified atom stereocenters. The number of nitrogen functional groups attached to an aromatic ring is 3. The van der Waals surface area contributed by atoms with Crippen molar-refractivity contribution in [3.63, 3.8) is 0 Å². The second-order valence-electron chi connectivity index (χ2n) is 14.1. The molecule has 1 aromatic heterocycles. The van der Waals surface area contributed by atoms with Crippen molar-refractivity contribution in [3.8, 4) is 0 Å². The number of hydrogen-bond donors (Lipinski definition) is 6. The molecule has 7 aromatic rings. The zero-order valence-corrected chi connectivity index (χ0v) is 30.9. The Hall–Kier alpha value is -8.85. The number of nitrogens with two attached hydrogens (primary N) is 3. The first kappa shape index (κ1) is 35.6. The highest BCUT2D eigenvalue weighted by atomic mass is 16.2. The van der Waals surface area contributed by atoms with Gasteiger partial charge in [-0.2, -0.15) is 0 Å². The predicted octanol–water partition coefficient (Wildman–Crippen LogP) is 4.44. The monoisotopic (exact) mass is 789 g/mol. The maximum atomic E-state index is 14.0. The number of hydrogen-bond acceptors (Lipinski definition) is 12. The number of H-pyrrole nitrogens is 3. The van der Waals surface area contributed by atoms with Crippen molar-refractivity contribution in [1.29, 1.82) is 0 Å². The summed E-state index contributed by atoms with van der Waals surface area (Å²) in [6.07, 6.45) is 0. The third-order valence-corrected chi connectivity index (χ3v) is 10.7. The average Bonchev–Trinajstić information content (AvgIpc) is 3.25. The summed E-state index contributed by atoms with van der Waals surface area (Å²) in [5.41, 5.74) is 20.1. The number of anilines is 3. The molecule has 10 rings (SSSR count). The van der Waals surface area contributed by atoms with E-state index in [4.69, 9.17) is 32.2 Å². The minimum Gasteiger partial charge on any atom is -0.398 e. The van der Waals surface area contributed by atoms with E-state index in [2.05, 4.69) is 15.0 Å². The Labute approximate surface area is 336 Å². The maximum absolute atomic E-state index is 14.0. The third-order valence-electron chi connectivity index (χ3n) is 10.7. The highest BCUT2D eigenvalue weighted by molar-refractivity contribution is 6.33. The maximum Gasteiger partial charge on any atom is 0.210 e. The normalized spacial score (nSPS) is 13.4. The van der Waals surface area contributed by atoms with Crippen LogP contribution in [0.3, 0.4) is 0 Å². The fourth-order valence-electron chi connectivity index (χ4n) is 7.93. The summed E-state index contributed by atoms with van der Waals surface area (Å²) in [6.45, 7) is 0. The molecule has 288 valence electrons. The fraction of sp³-hybridized carbons (Fsp3) is 0. The number of fused-ring (bicyclic) bond motifs is 6. The Morgan fingerprint density at radius 1 is 0.300 bits per heavy atom. The van der Waals surface area contributed by atoms with E-state index < -0.39 is 34.7 Å². The van der Waals surface area contributed by atoms with Crippen molar-refractivity contribution in [2.24, 2.45) is 15.0 Å². The van der Waals surface area contributed by atoms with Crippen LogP contribution in [0.15, 0.2) is 124 Å². The molecular weight excluding hydrogens is 763 g/mol. The van der Waals surface area contributed by atoms with Gasteiger partial charge in [-0.1, -0.05) is 72.8 Å². The van der Waals surface area contributed by atoms with Gasteiger partial charge in [0.15, 0.2) is 34.7 Å². The molecule has 0 bridgehead atoms. The van der Waals surface area contributed by atoms with Gasteiger partial charge in [0.25, 0.3) is 0 Å². The van der Waals surface area contributed by atoms with Gasteiger partial charge in [0, 0.05) is 50.4 Å². The summed E-state index contributed by atoms with van der Waals surface area (Å²) in [5, 5.41) is 0. The molecule has 1 heterocycles. The molecule has 3 aliphatic rings. The molecule has 3 aliphatic carbocycles. The van der Waals surface area contributed by atoms with Crippen LogP contribution in [-0.4, -0.2) is 49.7 Å². The Balaban J connectivity index is 1.23. The molecule has 0 atom stereocenters. The lowest BCUT2D eigenvalue weighted by Crippen LogP contribution is -2.37. The molecule has 9 N–H and O–H groups in total. The van der Waals surface area contributed by atoms with Crippen LogP contribution in [0.1, 0.15) is 95.5 Å². The molecule has 0 aliphatic heterocycles. The van der Waals surface area contributed by atoms with Crippen LogP contribution in [0, 0.1) is 0 Å². The molecule has 0 radical (unpaired) electrons. The molecule has 15 nitrogen and oxygen atoms in total. The first-order valence-corrected chi connectivity index (χ1v) is 18.4. The molecule has 0 fully saturated rings. The van der Waals surface area contributed by atoms with Crippen molar-refractivity contribution in [3.05, 3.63) is 193 Å². The third kappa shape index (κ3) is 5.26. The molecule has 60 heavy (non-hydrogen) atoms. The highest BCUT2D eigenvalue weighted by Crippen LogP contribution is 2.39. The van der Waals surface area contributed by atoms with Gasteiger partial charge in [0.05, 0.1) is 50.4 Å². The molecular formula is C45H27N9O6. The summed E-state index contributed by atoms with van der Waals surface area (Å²) < 4.78 is 0. The van der Waals surface area contributed by atoms with Crippen LogP contribution in [-0.2, 0) is 0 Å². The zero-order valence-electron chi connectivity index (χ0n) is 30.9. The van der Waals surface area contributed by atoms with Crippen molar-refractivity contribution in [2.75, 3.05) is 17.2 Å². The largest absolute Gasteiger partial charge is 0.398 e. The van der Waals surface area contributed by atoms with Crippen LogP contribution in [0.4, 0.5) is 34.1 Å². The Morgan fingerprint density at radius 3 is 0.750 bits per heavy atom. The lowest BCUT2D eigenvalue weighted by molar-refractivity contribution is 0.0980. The standard InChI is InChI=1S/C45H27N9O6/c46-25-13-16-28(34-31(25)37(55)19-7-1-4-10-22(19)40(34)58)49-43-52-44(50-29-17-14-26(47)32-35(29)41(59)23-11-5-2-8-20(23)38(32)56)54-45(53-43)51-30-18-15-27(48)33-36(30)42(60)24-12-6-3-9-21(24)39(33)57/h1-18H,46-48H2,(H3,49,50,51,52,53,54). The Bertz CT molecular complexity index is 3060. The molecule has 6 aromatic carbocycles. The second kappa shape index (κ2) is 13.1. The van der Waals surface area contributed by atoms with Crippen molar-refractivity contribution < 1.29 is 28.8 Å². The molecule has 0 saturated carbocycles. The van der Waals surface area contributed by atoms with E-state index in [1.807, 2.05) is 0 Å². The number of carbonyl (C=O) groups excluding carboxylic acids is 6. The summed E-state index contributed by atoms with van der Waals surface area (Å²) in [7, 11) is 0. The summed E-state index contributed by atoms with van der Waals surface area (Å²) in [5.74, 6) is -2.76. The fourth-order valence-corrected chi connectivity index (χ4v) is 7.93. The van der Waals surface area contributed by atoms with Crippen LogP contribution >= 0.6 is 0 Å². The van der Waals surface area contributed by atoms with Gasteiger partial charge in [0.2, 0.25) is 16.9 Å². The molecule has 0 amide bonds. The minimum atomic E-state index is -0.475. The number of aromatic nitrogens is 3. The van der Waals surface area contributed by atoms with E-state index in [0.29, 0.717) is 0 Å². The van der Waals surface area contributed by atoms with Crippen molar-refractivity contribution in [1.82, 2.24) is 15.0 Å². The Morgan fingerprint density at radius 2 is 0.517 bits per heavy atom. The smallest absolute Gasteiger partial charge is 0.210 e. The van der Waals surface area contributed by atoms with Crippen LogP contribution in [0.5, 0.6) is 0 Å². The first-order valence-electron chi connectivity index (χ1n) is 18.4. The molecule has 0 saturated heterocycles. The van der Waals surface area contributed by atoms with E-state index in [1.54, 1.807) is 72.8 Å². The van der Waals surface area contributed by atoms with Crippen molar-refractivity contribution >= 4 is 68.8 Å². The highest BCUT2D eigenvalue weighted by Gasteiger charge is 2.36. The van der Waals surface area contributed by atoms with Gasteiger partial charge < -0.3 is 17.2 Å². The number of ketones is 6. The topological polar surface area (TPSA) is 265 Å². The number of nitrogens with one attached hydrogen (secondary N) is 3. The predicted molar refractivity (Wildman–Crippen MR) is 218 cm³/mol. The number of carbonyl (C=O) groups is 6. The zero-order chi connectivity index (χ0) is 41.6. The molecule has 0 spiro atoms. The lowest BCUT2D eigenvalue weighted by Gasteiger charge is -2.20. The number of benzene rings is 6. The van der Waals surface area contributed by atoms with E-state index in [1.165, 1.54) is 36.4 Å². The summed E-state index contributed by atoms with van der Waals surface area (Å²) in [4.78, 5) is 106. The second-order valence-corrected chi connectivity index (χ2v) is 14.1. The first-order chi connectivity index (χ1) is 29.0. The lowest BCUT2D eigenvalue weighted by atomic mass is 9.82. The summed E-state index contributed by atoms with van der Waals surface area (Å²) >= 11 is 0. The minimum absolute atomic E-state index is 0.00816. The number of aromatic amines is 3. The van der Waals surface area contributed by atoms with Crippen LogP contribution < -0.4 is 34.1 Å². The Kier molecular flexibility index (Phi) is 7.77. The van der Waals surface area contributed by atoms with Gasteiger partial charge in [-0.05, 0) is 36.4 Å². The average molecular weight is 790 g/mol. The molecule has 15 heteroatoms. The van der Waals surface area contributed by atoms with E-state index >= 15 is 0 Å². The van der Waals surface area contributed by atoms with Gasteiger partial charge in [-0.15, -0.1) is 0 Å². The van der Waals surface area contributed by atoms with E-state index in [-0.39, 0.29) is 118 Å². The summed E-state index contributed by atoms with van der Waals surface area (Å²) in [6, 6.07) is 28.0. The van der Waals surface area contributed by atoms with Gasteiger partial charge >= 0.3 is 0 Å². The number of nitrogens with zero attached hydrogens (tertiary/aromatic N) is 3.